The molecular formula is C12H27NO. The normalized spacial score (nSPS) is 13.9. The summed E-state index contributed by atoms with van der Waals surface area (Å²) in [4.78, 5) is 0. The Balaban J connectivity index is 3.47. The third-order valence-corrected chi connectivity index (χ3v) is 2.78. The molecular weight excluding hydrogens is 174 g/mol. The summed E-state index contributed by atoms with van der Waals surface area (Å²) >= 11 is 0. The predicted octanol–water partition coefficient (Wildman–Crippen LogP) is 2.83. The highest BCUT2D eigenvalue weighted by atomic mass is 16.5. The average molecular weight is 201 g/mol. The van der Waals surface area contributed by atoms with Gasteiger partial charge in [0.1, 0.15) is 0 Å². The molecule has 0 aromatic rings. The molecule has 2 nitrogen and oxygen atoms in total. The molecule has 0 aromatic heterocycles. The molecule has 0 rings (SSSR count). The molecule has 0 amide bonds. The fourth-order valence-electron chi connectivity index (χ4n) is 1.74. The minimum atomic E-state index is 0.347. The van der Waals surface area contributed by atoms with Gasteiger partial charge in [-0.25, -0.2) is 0 Å². The topological polar surface area (TPSA) is 21.3 Å². The second-order valence-corrected chi connectivity index (χ2v) is 4.24. The highest BCUT2D eigenvalue weighted by Gasteiger charge is 2.11. The first-order valence-electron chi connectivity index (χ1n) is 5.96. The molecule has 2 heteroatoms. The molecule has 1 unspecified atom stereocenters. The molecule has 0 heterocycles. The molecule has 0 radical (unpaired) electrons. The van der Waals surface area contributed by atoms with Gasteiger partial charge in [-0.2, -0.15) is 0 Å². The first-order chi connectivity index (χ1) is 6.61. The van der Waals surface area contributed by atoms with Gasteiger partial charge in [-0.05, 0) is 26.7 Å². The molecule has 0 aliphatic rings. The summed E-state index contributed by atoms with van der Waals surface area (Å²) in [6, 6.07) is 0.612. The number of nitrogens with one attached hydrogen (secondary N) is 1. The minimum absolute atomic E-state index is 0.347. The molecule has 0 saturated carbocycles. The zero-order chi connectivity index (χ0) is 11.0. The predicted molar refractivity (Wildman–Crippen MR) is 62.6 cm³/mol. The van der Waals surface area contributed by atoms with E-state index in [2.05, 4.69) is 39.9 Å². The van der Waals surface area contributed by atoms with Gasteiger partial charge < -0.3 is 10.1 Å². The summed E-state index contributed by atoms with van der Waals surface area (Å²) in [5.74, 6) is 0.800. The maximum absolute atomic E-state index is 5.48. The second-order valence-electron chi connectivity index (χ2n) is 4.24. The van der Waals surface area contributed by atoms with E-state index in [1.165, 1.54) is 12.8 Å². The van der Waals surface area contributed by atoms with Crippen LogP contribution in [-0.4, -0.2) is 25.3 Å². The number of hydrogen-bond donors (Lipinski definition) is 1. The van der Waals surface area contributed by atoms with Crippen LogP contribution < -0.4 is 5.32 Å². The number of rotatable bonds is 8. The molecule has 1 atom stereocenters. The molecule has 14 heavy (non-hydrogen) atoms. The Kier molecular flexibility index (Phi) is 8.20. The summed E-state index contributed by atoms with van der Waals surface area (Å²) in [5, 5.41) is 3.51. The Morgan fingerprint density at radius 1 is 1.07 bits per heavy atom. The minimum Gasteiger partial charge on any atom is -0.377 e. The second kappa shape index (κ2) is 8.25. The fraction of sp³-hybridized carbons (Fsp3) is 1.00. The summed E-state index contributed by atoms with van der Waals surface area (Å²) in [6.45, 7) is 12.7. The highest BCUT2D eigenvalue weighted by Crippen LogP contribution is 2.12. The summed E-state index contributed by atoms with van der Waals surface area (Å²) in [7, 11) is 0. The van der Waals surface area contributed by atoms with Gasteiger partial charge in [0.2, 0.25) is 0 Å². The van der Waals surface area contributed by atoms with Crippen molar-refractivity contribution in [2.24, 2.45) is 5.92 Å². The smallest absolute Gasteiger partial charge is 0.0594 e. The van der Waals surface area contributed by atoms with E-state index in [-0.39, 0.29) is 0 Å². The molecule has 0 saturated heterocycles. The molecule has 1 N–H and O–H groups in total. The number of ether oxygens (including phenoxy) is 1. The van der Waals surface area contributed by atoms with E-state index >= 15 is 0 Å². The Morgan fingerprint density at radius 3 is 2.07 bits per heavy atom. The maximum Gasteiger partial charge on any atom is 0.0594 e. The van der Waals surface area contributed by atoms with E-state index in [0.29, 0.717) is 12.1 Å². The van der Waals surface area contributed by atoms with Crippen molar-refractivity contribution in [1.82, 2.24) is 5.32 Å². The molecule has 0 spiro atoms. The lowest BCUT2D eigenvalue weighted by Gasteiger charge is -2.22. The lowest BCUT2D eigenvalue weighted by Crippen LogP contribution is -2.35. The van der Waals surface area contributed by atoms with Crippen LogP contribution in [0.15, 0.2) is 0 Å². The summed E-state index contributed by atoms with van der Waals surface area (Å²) in [6.07, 6.45) is 2.87. The summed E-state index contributed by atoms with van der Waals surface area (Å²) < 4.78 is 5.48. The van der Waals surface area contributed by atoms with E-state index in [0.717, 1.165) is 19.1 Å². The van der Waals surface area contributed by atoms with Gasteiger partial charge in [0.05, 0.1) is 12.7 Å². The van der Waals surface area contributed by atoms with Crippen LogP contribution in [0.3, 0.4) is 0 Å². The van der Waals surface area contributed by atoms with Crippen LogP contribution >= 0.6 is 0 Å². The van der Waals surface area contributed by atoms with Crippen LogP contribution in [0.1, 0.15) is 47.5 Å². The van der Waals surface area contributed by atoms with Gasteiger partial charge in [0, 0.05) is 12.6 Å². The zero-order valence-electron chi connectivity index (χ0n) is 10.5. The van der Waals surface area contributed by atoms with Gasteiger partial charge in [-0.15, -0.1) is 0 Å². The molecule has 0 bridgehead atoms. The molecule has 86 valence electrons. The van der Waals surface area contributed by atoms with Crippen molar-refractivity contribution in [2.75, 3.05) is 13.2 Å². The third-order valence-electron chi connectivity index (χ3n) is 2.78. The van der Waals surface area contributed by atoms with Crippen molar-refractivity contribution in [3.8, 4) is 0 Å². The van der Waals surface area contributed by atoms with Crippen molar-refractivity contribution in [2.45, 2.75) is 59.6 Å². The lowest BCUT2D eigenvalue weighted by molar-refractivity contribution is 0.0783. The molecule has 0 aliphatic carbocycles. The van der Waals surface area contributed by atoms with E-state index in [9.17, 15) is 0 Å². The van der Waals surface area contributed by atoms with Gasteiger partial charge in [0.15, 0.2) is 0 Å². The largest absolute Gasteiger partial charge is 0.377 e. The zero-order valence-corrected chi connectivity index (χ0v) is 10.5. The SMILES string of the molecule is CCC(CC)C(C)NCCOC(C)C. The molecule has 0 aliphatic heterocycles. The van der Waals surface area contributed by atoms with Crippen molar-refractivity contribution >= 4 is 0 Å². The summed E-state index contributed by atoms with van der Waals surface area (Å²) in [5.41, 5.74) is 0. The van der Waals surface area contributed by atoms with Crippen molar-refractivity contribution < 1.29 is 4.74 Å². The van der Waals surface area contributed by atoms with Gasteiger partial charge in [-0.3, -0.25) is 0 Å². The highest BCUT2D eigenvalue weighted by molar-refractivity contribution is 4.69. The Hall–Kier alpha value is -0.0800. The van der Waals surface area contributed by atoms with Crippen LogP contribution in [-0.2, 0) is 4.74 Å². The third kappa shape index (κ3) is 6.39. The van der Waals surface area contributed by atoms with Crippen LogP contribution in [0.5, 0.6) is 0 Å². The average Bonchev–Trinajstić information content (AvgIpc) is 2.14. The monoisotopic (exact) mass is 201 g/mol. The number of hydrogen-bond acceptors (Lipinski definition) is 2. The molecule has 0 fully saturated rings. The van der Waals surface area contributed by atoms with E-state index in [1.807, 2.05) is 0 Å². The van der Waals surface area contributed by atoms with Gasteiger partial charge in [-0.1, -0.05) is 26.7 Å². The Bertz CT molecular complexity index is 121. The van der Waals surface area contributed by atoms with Crippen molar-refractivity contribution in [3.63, 3.8) is 0 Å². The van der Waals surface area contributed by atoms with Crippen LogP contribution in [0.4, 0.5) is 0 Å². The van der Waals surface area contributed by atoms with Crippen molar-refractivity contribution in [3.05, 3.63) is 0 Å². The van der Waals surface area contributed by atoms with E-state index in [1.54, 1.807) is 0 Å². The Labute approximate surface area is 89.4 Å². The van der Waals surface area contributed by atoms with E-state index in [4.69, 9.17) is 4.74 Å². The first kappa shape index (κ1) is 13.9. The molecule has 0 aromatic carbocycles. The fourth-order valence-corrected chi connectivity index (χ4v) is 1.74. The first-order valence-corrected chi connectivity index (χ1v) is 5.96. The maximum atomic E-state index is 5.48. The Morgan fingerprint density at radius 2 is 1.64 bits per heavy atom. The van der Waals surface area contributed by atoms with Gasteiger partial charge in [0.25, 0.3) is 0 Å². The van der Waals surface area contributed by atoms with Crippen molar-refractivity contribution in [1.29, 1.82) is 0 Å². The quantitative estimate of drug-likeness (QED) is 0.610. The van der Waals surface area contributed by atoms with Crippen LogP contribution in [0, 0.1) is 5.92 Å². The van der Waals surface area contributed by atoms with Crippen LogP contribution in [0.25, 0.3) is 0 Å². The van der Waals surface area contributed by atoms with Crippen LogP contribution in [0.2, 0.25) is 0 Å². The van der Waals surface area contributed by atoms with E-state index < -0.39 is 0 Å². The lowest BCUT2D eigenvalue weighted by atomic mass is 9.96. The van der Waals surface area contributed by atoms with Gasteiger partial charge >= 0.3 is 0 Å². The standard InChI is InChI=1S/C12H27NO/c1-6-12(7-2)11(5)13-8-9-14-10(3)4/h10-13H,6-9H2,1-5H3.